The molecule has 0 radical (unpaired) electrons. The average Bonchev–Trinajstić information content (AvgIpc) is 3.02. The van der Waals surface area contributed by atoms with Gasteiger partial charge < -0.3 is 0 Å². The standard InChI is InChI=1S/C13H17N5O2S/c19-21(20,10-6-2-1-3-7-10)16-12-9-5-4-8-11(12)13-14-17-18-15-13/h4-5,8-10,16H,1-3,6-7H2,(H,14,15,17,18). The van der Waals surface area contributed by atoms with Crippen molar-refractivity contribution in [1.82, 2.24) is 20.6 Å². The second kappa shape index (κ2) is 5.80. The molecular formula is C13H17N5O2S. The van der Waals surface area contributed by atoms with Gasteiger partial charge in [0.2, 0.25) is 10.0 Å². The largest absolute Gasteiger partial charge is 0.283 e. The first-order valence-electron chi connectivity index (χ1n) is 7.01. The molecule has 1 fully saturated rings. The van der Waals surface area contributed by atoms with Crippen LogP contribution in [0, 0.1) is 0 Å². The van der Waals surface area contributed by atoms with Gasteiger partial charge in [-0.05, 0) is 35.4 Å². The van der Waals surface area contributed by atoms with Gasteiger partial charge in [0.15, 0.2) is 5.82 Å². The fourth-order valence-electron chi connectivity index (χ4n) is 2.66. The summed E-state index contributed by atoms with van der Waals surface area (Å²) < 4.78 is 27.7. The number of anilines is 1. The van der Waals surface area contributed by atoms with Crippen LogP contribution in [0.25, 0.3) is 11.4 Å². The maximum absolute atomic E-state index is 12.5. The summed E-state index contributed by atoms with van der Waals surface area (Å²) in [6.45, 7) is 0. The van der Waals surface area contributed by atoms with E-state index in [9.17, 15) is 8.42 Å². The molecule has 3 rings (SSSR count). The predicted molar refractivity (Wildman–Crippen MR) is 79.0 cm³/mol. The monoisotopic (exact) mass is 307 g/mol. The number of aromatic nitrogens is 4. The molecule has 0 spiro atoms. The SMILES string of the molecule is O=S(=O)(Nc1ccccc1-c1nnn[nH]1)C1CCCCC1. The number of sulfonamides is 1. The molecule has 1 aliphatic rings. The van der Waals surface area contributed by atoms with Crippen molar-refractivity contribution in [2.75, 3.05) is 4.72 Å². The molecule has 112 valence electrons. The minimum Gasteiger partial charge on any atom is -0.283 e. The summed E-state index contributed by atoms with van der Waals surface area (Å²) in [7, 11) is -3.38. The highest BCUT2D eigenvalue weighted by atomic mass is 32.2. The summed E-state index contributed by atoms with van der Waals surface area (Å²) in [4.78, 5) is 0. The van der Waals surface area contributed by atoms with E-state index < -0.39 is 10.0 Å². The van der Waals surface area contributed by atoms with Gasteiger partial charge in [-0.3, -0.25) is 4.72 Å². The number of tetrazole rings is 1. The van der Waals surface area contributed by atoms with Crippen LogP contribution in [0.3, 0.4) is 0 Å². The lowest BCUT2D eigenvalue weighted by Gasteiger charge is -2.23. The van der Waals surface area contributed by atoms with Crippen molar-refractivity contribution in [3.8, 4) is 11.4 Å². The molecule has 0 amide bonds. The van der Waals surface area contributed by atoms with Crippen LogP contribution in [0.1, 0.15) is 32.1 Å². The van der Waals surface area contributed by atoms with Crippen LogP contribution in [0.4, 0.5) is 5.69 Å². The van der Waals surface area contributed by atoms with Crippen molar-refractivity contribution in [3.05, 3.63) is 24.3 Å². The van der Waals surface area contributed by atoms with E-state index in [0.29, 0.717) is 17.1 Å². The third-order valence-electron chi connectivity index (χ3n) is 3.77. The Morgan fingerprint density at radius 1 is 1.14 bits per heavy atom. The maximum atomic E-state index is 12.5. The zero-order valence-electron chi connectivity index (χ0n) is 11.5. The van der Waals surface area contributed by atoms with Crippen LogP contribution in [0.15, 0.2) is 24.3 Å². The van der Waals surface area contributed by atoms with E-state index in [-0.39, 0.29) is 5.25 Å². The minimum absolute atomic E-state index is 0.313. The molecule has 0 unspecified atom stereocenters. The van der Waals surface area contributed by atoms with E-state index in [2.05, 4.69) is 25.3 Å². The molecule has 0 aliphatic heterocycles. The van der Waals surface area contributed by atoms with Crippen molar-refractivity contribution in [2.45, 2.75) is 37.4 Å². The van der Waals surface area contributed by atoms with E-state index in [1.165, 1.54) is 0 Å². The number of aromatic amines is 1. The van der Waals surface area contributed by atoms with Crippen LogP contribution in [-0.4, -0.2) is 34.3 Å². The van der Waals surface area contributed by atoms with Crippen molar-refractivity contribution in [3.63, 3.8) is 0 Å². The van der Waals surface area contributed by atoms with E-state index in [1.54, 1.807) is 18.2 Å². The Hall–Kier alpha value is -1.96. The molecular weight excluding hydrogens is 290 g/mol. The van der Waals surface area contributed by atoms with E-state index in [1.807, 2.05) is 6.07 Å². The molecule has 0 bridgehead atoms. The highest BCUT2D eigenvalue weighted by molar-refractivity contribution is 7.93. The van der Waals surface area contributed by atoms with Gasteiger partial charge in [0.25, 0.3) is 0 Å². The molecule has 1 aromatic carbocycles. The lowest BCUT2D eigenvalue weighted by Crippen LogP contribution is -2.29. The zero-order chi connectivity index (χ0) is 14.7. The number of H-pyrrole nitrogens is 1. The van der Waals surface area contributed by atoms with Crippen LogP contribution in [0.5, 0.6) is 0 Å². The molecule has 2 N–H and O–H groups in total. The second-order valence-corrected chi connectivity index (χ2v) is 7.16. The normalized spacial score (nSPS) is 16.8. The van der Waals surface area contributed by atoms with Gasteiger partial charge in [0.05, 0.1) is 10.9 Å². The Balaban J connectivity index is 1.88. The highest BCUT2D eigenvalue weighted by Crippen LogP contribution is 2.29. The Morgan fingerprint density at radius 3 is 2.62 bits per heavy atom. The van der Waals surface area contributed by atoms with E-state index >= 15 is 0 Å². The molecule has 21 heavy (non-hydrogen) atoms. The first kappa shape index (κ1) is 14.0. The Morgan fingerprint density at radius 2 is 1.90 bits per heavy atom. The van der Waals surface area contributed by atoms with Gasteiger partial charge in [0.1, 0.15) is 0 Å². The summed E-state index contributed by atoms with van der Waals surface area (Å²) in [5.41, 5.74) is 1.14. The first-order valence-corrected chi connectivity index (χ1v) is 8.56. The lowest BCUT2D eigenvalue weighted by atomic mass is 10.0. The molecule has 0 atom stereocenters. The highest BCUT2D eigenvalue weighted by Gasteiger charge is 2.28. The number of benzene rings is 1. The molecule has 1 saturated carbocycles. The fraction of sp³-hybridized carbons (Fsp3) is 0.462. The van der Waals surface area contributed by atoms with Crippen LogP contribution < -0.4 is 4.72 Å². The van der Waals surface area contributed by atoms with Gasteiger partial charge in [-0.25, -0.2) is 13.5 Å². The van der Waals surface area contributed by atoms with E-state index in [0.717, 1.165) is 32.1 Å². The van der Waals surface area contributed by atoms with Crippen molar-refractivity contribution in [2.24, 2.45) is 0 Å². The van der Waals surface area contributed by atoms with Gasteiger partial charge in [0, 0.05) is 5.56 Å². The van der Waals surface area contributed by atoms with E-state index in [4.69, 9.17) is 0 Å². The molecule has 0 saturated heterocycles. The summed E-state index contributed by atoms with van der Waals surface area (Å²) in [5.74, 6) is 0.442. The van der Waals surface area contributed by atoms with Crippen molar-refractivity contribution in [1.29, 1.82) is 0 Å². The Kier molecular flexibility index (Phi) is 3.87. The smallest absolute Gasteiger partial charge is 0.235 e. The summed E-state index contributed by atoms with van der Waals surface area (Å²) in [5, 5.41) is 13.2. The van der Waals surface area contributed by atoms with Gasteiger partial charge in [-0.15, -0.1) is 5.10 Å². The molecule has 1 heterocycles. The molecule has 2 aromatic rings. The van der Waals surface area contributed by atoms with Crippen LogP contribution >= 0.6 is 0 Å². The maximum Gasteiger partial charge on any atom is 0.235 e. The number of hydrogen-bond acceptors (Lipinski definition) is 5. The number of para-hydroxylation sites is 1. The minimum atomic E-state index is -3.38. The van der Waals surface area contributed by atoms with Gasteiger partial charge in [-0.2, -0.15) is 0 Å². The summed E-state index contributed by atoms with van der Waals surface area (Å²) in [6, 6.07) is 7.10. The zero-order valence-corrected chi connectivity index (χ0v) is 12.3. The van der Waals surface area contributed by atoms with Gasteiger partial charge >= 0.3 is 0 Å². The lowest BCUT2D eigenvalue weighted by molar-refractivity contribution is 0.486. The number of nitrogens with one attached hydrogen (secondary N) is 2. The second-order valence-electron chi connectivity index (χ2n) is 5.20. The molecule has 8 heteroatoms. The number of hydrogen-bond donors (Lipinski definition) is 2. The number of rotatable bonds is 4. The Bertz CT molecular complexity index is 693. The van der Waals surface area contributed by atoms with Crippen molar-refractivity contribution >= 4 is 15.7 Å². The quantitative estimate of drug-likeness (QED) is 0.899. The van der Waals surface area contributed by atoms with Crippen molar-refractivity contribution < 1.29 is 8.42 Å². The third kappa shape index (κ3) is 3.05. The third-order valence-corrected chi connectivity index (χ3v) is 5.62. The Labute approximate surface area is 123 Å². The molecule has 7 nitrogen and oxygen atoms in total. The predicted octanol–water partition coefficient (Wildman–Crippen LogP) is 1.94. The average molecular weight is 307 g/mol. The topological polar surface area (TPSA) is 101 Å². The molecule has 1 aromatic heterocycles. The van der Waals surface area contributed by atoms with Crippen LogP contribution in [-0.2, 0) is 10.0 Å². The van der Waals surface area contributed by atoms with Crippen LogP contribution in [0.2, 0.25) is 0 Å². The summed E-state index contributed by atoms with van der Waals surface area (Å²) >= 11 is 0. The summed E-state index contributed by atoms with van der Waals surface area (Å²) in [6.07, 6.45) is 4.51. The number of nitrogens with zero attached hydrogens (tertiary/aromatic N) is 3. The van der Waals surface area contributed by atoms with Gasteiger partial charge in [-0.1, -0.05) is 31.4 Å². The molecule has 1 aliphatic carbocycles. The fourth-order valence-corrected chi connectivity index (χ4v) is 4.27. The first-order chi connectivity index (χ1) is 10.2.